The van der Waals surface area contributed by atoms with Crippen LogP contribution in [-0.4, -0.2) is 28.4 Å². The topological polar surface area (TPSA) is 97.2 Å². The minimum absolute atomic E-state index is 0.000602. The van der Waals surface area contributed by atoms with E-state index in [4.69, 9.17) is 0 Å². The Kier molecular flexibility index (Phi) is 3.23. The molecule has 1 amide bonds. The summed E-state index contributed by atoms with van der Waals surface area (Å²) in [5.74, 6) is 0.0208. The first kappa shape index (κ1) is 12.8. The van der Waals surface area contributed by atoms with Crippen LogP contribution in [0.25, 0.3) is 10.2 Å². The molecule has 1 unspecified atom stereocenters. The van der Waals surface area contributed by atoms with Gasteiger partial charge >= 0.3 is 5.69 Å². The molecular formula is C12H12N4O3S. The third-order valence-corrected chi connectivity index (χ3v) is 4.08. The van der Waals surface area contributed by atoms with E-state index in [1.54, 1.807) is 11.6 Å². The molecule has 1 aromatic carbocycles. The highest BCUT2D eigenvalue weighted by Gasteiger charge is 2.24. The number of carbonyl (C=O) groups is 1. The van der Waals surface area contributed by atoms with Crippen molar-refractivity contribution in [3.05, 3.63) is 27.8 Å². The van der Waals surface area contributed by atoms with Gasteiger partial charge in [0, 0.05) is 19.0 Å². The number of carbonyl (C=O) groups excluding carboxylic acids is 1. The number of nitrogens with zero attached hydrogens (tertiary/aromatic N) is 2. The molecule has 7 nitrogen and oxygen atoms in total. The summed E-state index contributed by atoms with van der Waals surface area (Å²) in [6.45, 7) is 0.477. The van der Waals surface area contributed by atoms with E-state index in [1.807, 2.05) is 6.07 Å². The summed E-state index contributed by atoms with van der Waals surface area (Å²) >= 11 is 1.37. The lowest BCUT2D eigenvalue weighted by molar-refractivity contribution is -0.382. The van der Waals surface area contributed by atoms with E-state index in [-0.39, 0.29) is 17.6 Å². The largest absolute Gasteiger partial charge is 0.375 e. The molecule has 0 spiro atoms. The molecule has 1 fully saturated rings. The number of piperidine rings is 1. The van der Waals surface area contributed by atoms with Crippen LogP contribution < -0.4 is 10.6 Å². The van der Waals surface area contributed by atoms with Gasteiger partial charge < -0.3 is 10.6 Å². The van der Waals surface area contributed by atoms with Crippen molar-refractivity contribution in [2.24, 2.45) is 0 Å². The fourth-order valence-electron chi connectivity index (χ4n) is 2.29. The number of aromatic nitrogens is 1. The molecule has 8 heteroatoms. The average Bonchev–Trinajstić information content (AvgIpc) is 2.89. The number of benzene rings is 1. The van der Waals surface area contributed by atoms with Crippen molar-refractivity contribution in [3.63, 3.8) is 0 Å². The molecule has 1 aliphatic rings. The lowest BCUT2D eigenvalue weighted by Gasteiger charge is -2.24. The number of anilines is 1. The van der Waals surface area contributed by atoms with E-state index in [0.717, 1.165) is 4.70 Å². The quantitative estimate of drug-likeness (QED) is 0.665. The van der Waals surface area contributed by atoms with Gasteiger partial charge in [0.1, 0.15) is 5.69 Å². The Hall–Kier alpha value is -2.22. The summed E-state index contributed by atoms with van der Waals surface area (Å²) in [6.07, 6.45) is 1.10. The molecule has 2 heterocycles. The smallest absolute Gasteiger partial charge is 0.319 e. The third kappa shape index (κ3) is 2.29. The zero-order chi connectivity index (χ0) is 14.1. The Morgan fingerprint density at radius 3 is 3.05 bits per heavy atom. The van der Waals surface area contributed by atoms with Crippen LogP contribution >= 0.6 is 11.3 Å². The second kappa shape index (κ2) is 5.04. The van der Waals surface area contributed by atoms with Gasteiger partial charge in [0.2, 0.25) is 5.91 Å². The standard InChI is InChI=1S/C12H12N4O3S/c17-10-4-1-7(5-13-10)15-8-2-3-9-11(14-6-20-9)12(8)16(18)19/h2-3,6-7,15H,1,4-5H2,(H,13,17). The van der Waals surface area contributed by atoms with E-state index < -0.39 is 4.92 Å². The summed E-state index contributed by atoms with van der Waals surface area (Å²) in [4.78, 5) is 26.1. The molecule has 3 rings (SSSR count). The van der Waals surface area contributed by atoms with Crippen molar-refractivity contribution in [2.45, 2.75) is 18.9 Å². The summed E-state index contributed by atoms with van der Waals surface area (Å²) in [6, 6.07) is 3.53. The Morgan fingerprint density at radius 1 is 1.50 bits per heavy atom. The number of thiazole rings is 1. The number of hydrogen-bond donors (Lipinski definition) is 2. The predicted molar refractivity (Wildman–Crippen MR) is 75.9 cm³/mol. The van der Waals surface area contributed by atoms with E-state index in [9.17, 15) is 14.9 Å². The zero-order valence-corrected chi connectivity index (χ0v) is 11.3. The van der Waals surface area contributed by atoms with E-state index >= 15 is 0 Å². The molecule has 2 N–H and O–H groups in total. The van der Waals surface area contributed by atoms with Crippen LogP contribution in [0.4, 0.5) is 11.4 Å². The second-order valence-electron chi connectivity index (χ2n) is 4.60. The number of hydrogen-bond acceptors (Lipinski definition) is 6. The van der Waals surface area contributed by atoms with Crippen LogP contribution in [0, 0.1) is 10.1 Å². The molecule has 20 heavy (non-hydrogen) atoms. The number of nitro benzene ring substituents is 1. The molecule has 1 aliphatic heterocycles. The van der Waals surface area contributed by atoms with Crippen molar-refractivity contribution in [2.75, 3.05) is 11.9 Å². The Morgan fingerprint density at radius 2 is 2.35 bits per heavy atom. The van der Waals surface area contributed by atoms with Crippen LogP contribution in [0.2, 0.25) is 0 Å². The van der Waals surface area contributed by atoms with Crippen LogP contribution in [0.5, 0.6) is 0 Å². The maximum atomic E-state index is 11.3. The van der Waals surface area contributed by atoms with E-state index in [2.05, 4.69) is 15.6 Å². The fraction of sp³-hybridized carbons (Fsp3) is 0.333. The number of amides is 1. The molecule has 0 radical (unpaired) electrons. The summed E-state index contributed by atoms with van der Waals surface area (Å²) in [7, 11) is 0. The first-order valence-corrected chi connectivity index (χ1v) is 7.07. The maximum Gasteiger partial charge on any atom is 0.319 e. The Labute approximate surface area is 118 Å². The van der Waals surface area contributed by atoms with Crippen molar-refractivity contribution < 1.29 is 9.72 Å². The third-order valence-electron chi connectivity index (χ3n) is 3.28. The molecular weight excluding hydrogens is 280 g/mol. The van der Waals surface area contributed by atoms with Gasteiger partial charge in [-0.3, -0.25) is 14.9 Å². The summed E-state index contributed by atoms with van der Waals surface area (Å²) < 4.78 is 0.791. The first-order valence-electron chi connectivity index (χ1n) is 6.19. The summed E-state index contributed by atoms with van der Waals surface area (Å²) in [5, 5.41) is 17.2. The van der Waals surface area contributed by atoms with Gasteiger partial charge in [0.05, 0.1) is 15.1 Å². The Balaban J connectivity index is 1.92. The monoisotopic (exact) mass is 292 g/mol. The number of fused-ring (bicyclic) bond motifs is 1. The molecule has 0 aliphatic carbocycles. The first-order chi connectivity index (χ1) is 9.65. The lowest BCUT2D eigenvalue weighted by Crippen LogP contribution is -2.41. The number of nitro groups is 1. The number of nitrogens with one attached hydrogen (secondary N) is 2. The molecule has 1 atom stereocenters. The van der Waals surface area contributed by atoms with E-state index in [0.29, 0.717) is 30.6 Å². The van der Waals surface area contributed by atoms with Crippen molar-refractivity contribution in [1.29, 1.82) is 0 Å². The highest BCUT2D eigenvalue weighted by Crippen LogP contribution is 2.34. The fourth-order valence-corrected chi connectivity index (χ4v) is 2.97. The minimum atomic E-state index is -0.411. The van der Waals surface area contributed by atoms with Crippen LogP contribution in [0.1, 0.15) is 12.8 Å². The molecule has 104 valence electrons. The van der Waals surface area contributed by atoms with Crippen molar-refractivity contribution in [3.8, 4) is 0 Å². The van der Waals surface area contributed by atoms with Crippen LogP contribution in [-0.2, 0) is 4.79 Å². The van der Waals surface area contributed by atoms with Crippen molar-refractivity contribution >= 4 is 38.8 Å². The lowest BCUT2D eigenvalue weighted by atomic mass is 10.1. The van der Waals surface area contributed by atoms with Gasteiger partial charge in [-0.2, -0.15) is 0 Å². The second-order valence-corrected chi connectivity index (χ2v) is 5.49. The normalized spacial score (nSPS) is 18.8. The molecule has 2 aromatic rings. The average molecular weight is 292 g/mol. The van der Waals surface area contributed by atoms with Gasteiger partial charge in [-0.05, 0) is 18.6 Å². The van der Waals surface area contributed by atoms with Gasteiger partial charge in [-0.15, -0.1) is 11.3 Å². The molecule has 0 saturated carbocycles. The van der Waals surface area contributed by atoms with Crippen LogP contribution in [0.15, 0.2) is 17.6 Å². The van der Waals surface area contributed by atoms with Gasteiger partial charge in [0.25, 0.3) is 0 Å². The van der Waals surface area contributed by atoms with Gasteiger partial charge in [-0.1, -0.05) is 0 Å². The maximum absolute atomic E-state index is 11.3. The Bertz CT molecular complexity index is 674. The number of rotatable bonds is 3. The van der Waals surface area contributed by atoms with Crippen LogP contribution in [0.3, 0.4) is 0 Å². The van der Waals surface area contributed by atoms with Gasteiger partial charge in [0.15, 0.2) is 5.52 Å². The molecule has 1 aromatic heterocycles. The minimum Gasteiger partial charge on any atom is -0.375 e. The van der Waals surface area contributed by atoms with Gasteiger partial charge in [-0.25, -0.2) is 4.98 Å². The zero-order valence-electron chi connectivity index (χ0n) is 10.5. The van der Waals surface area contributed by atoms with Crippen molar-refractivity contribution in [1.82, 2.24) is 10.3 Å². The SMILES string of the molecule is O=C1CCC(Nc2ccc3scnc3c2[N+](=O)[O-])CN1. The predicted octanol–water partition coefficient (Wildman–Crippen LogP) is 1.90. The summed E-state index contributed by atoms with van der Waals surface area (Å²) in [5.41, 5.74) is 2.46. The molecule has 0 bridgehead atoms. The highest BCUT2D eigenvalue weighted by atomic mass is 32.1. The van der Waals surface area contributed by atoms with E-state index in [1.165, 1.54) is 11.3 Å². The highest BCUT2D eigenvalue weighted by molar-refractivity contribution is 7.16. The molecule has 1 saturated heterocycles.